The Hall–Kier alpha value is -0.790. The third-order valence-corrected chi connectivity index (χ3v) is 0.832. The van der Waals surface area contributed by atoms with Gasteiger partial charge in [0, 0.05) is 0 Å². The van der Waals surface area contributed by atoms with Crippen molar-refractivity contribution in [1.82, 2.24) is 0 Å². The molecule has 1 fully saturated rings. The third kappa shape index (κ3) is 0.796. The van der Waals surface area contributed by atoms with Gasteiger partial charge >= 0.3 is 5.97 Å². The summed E-state index contributed by atoms with van der Waals surface area (Å²) in [6, 6.07) is 0. The van der Waals surface area contributed by atoms with Crippen molar-refractivity contribution in [3.05, 3.63) is 12.2 Å². The molecule has 0 unspecified atom stereocenters. The zero-order valence-corrected chi connectivity index (χ0v) is 3.94. The number of rotatable bonds is 0. The van der Waals surface area contributed by atoms with Crippen LogP contribution in [0.4, 0.5) is 0 Å². The lowest BCUT2D eigenvalue weighted by Crippen LogP contribution is -1.88. The van der Waals surface area contributed by atoms with E-state index in [9.17, 15) is 4.79 Å². The topological polar surface area (TPSA) is 26.3 Å². The van der Waals surface area contributed by atoms with Gasteiger partial charge in [0.1, 0.15) is 6.61 Å². The van der Waals surface area contributed by atoms with Crippen LogP contribution in [0.1, 0.15) is 6.42 Å². The molecule has 7 heavy (non-hydrogen) atoms. The van der Waals surface area contributed by atoms with Crippen LogP contribution in [0.25, 0.3) is 0 Å². The van der Waals surface area contributed by atoms with E-state index in [1.807, 2.05) is 0 Å². The SMILES string of the molecule is C=C1COC(=O)C1. The zero-order chi connectivity index (χ0) is 5.28. The minimum atomic E-state index is -0.148. The molecule has 2 heteroatoms. The van der Waals surface area contributed by atoms with Crippen LogP contribution in [0.5, 0.6) is 0 Å². The summed E-state index contributed by atoms with van der Waals surface area (Å²) in [5, 5.41) is 0. The summed E-state index contributed by atoms with van der Waals surface area (Å²) in [7, 11) is 0. The minimum Gasteiger partial charge on any atom is -0.461 e. The van der Waals surface area contributed by atoms with Gasteiger partial charge in [-0.2, -0.15) is 0 Å². The summed E-state index contributed by atoms with van der Waals surface area (Å²) in [6.07, 6.45) is 0.417. The van der Waals surface area contributed by atoms with Crippen molar-refractivity contribution in [2.45, 2.75) is 6.42 Å². The van der Waals surface area contributed by atoms with Crippen LogP contribution in [0, 0.1) is 0 Å². The Morgan fingerprint density at radius 3 is 2.57 bits per heavy atom. The van der Waals surface area contributed by atoms with Gasteiger partial charge in [0.2, 0.25) is 0 Å². The van der Waals surface area contributed by atoms with Crippen LogP contribution >= 0.6 is 0 Å². The normalized spacial score (nSPS) is 20.0. The number of hydrogen-bond donors (Lipinski definition) is 0. The molecule has 1 aliphatic heterocycles. The smallest absolute Gasteiger partial charge is 0.310 e. The zero-order valence-electron chi connectivity index (χ0n) is 3.94. The fourth-order valence-corrected chi connectivity index (χ4v) is 0.489. The highest BCUT2D eigenvalue weighted by Gasteiger charge is 2.13. The van der Waals surface area contributed by atoms with E-state index in [0.29, 0.717) is 13.0 Å². The molecule has 1 saturated heterocycles. The molecule has 0 bridgehead atoms. The van der Waals surface area contributed by atoms with E-state index < -0.39 is 0 Å². The molecule has 0 N–H and O–H groups in total. The van der Waals surface area contributed by atoms with Crippen molar-refractivity contribution in [3.63, 3.8) is 0 Å². The maximum absolute atomic E-state index is 10.2. The minimum absolute atomic E-state index is 0.148. The molecule has 0 radical (unpaired) electrons. The number of cyclic esters (lactones) is 1. The fourth-order valence-electron chi connectivity index (χ4n) is 0.489. The second-order valence-corrected chi connectivity index (χ2v) is 1.59. The largest absolute Gasteiger partial charge is 0.461 e. The number of esters is 1. The molecule has 0 saturated carbocycles. The Balaban J connectivity index is 2.55. The van der Waals surface area contributed by atoms with Crippen LogP contribution in [0.15, 0.2) is 12.2 Å². The predicted molar refractivity (Wildman–Crippen MR) is 24.7 cm³/mol. The van der Waals surface area contributed by atoms with Gasteiger partial charge in [-0.25, -0.2) is 0 Å². The molecule has 1 heterocycles. The van der Waals surface area contributed by atoms with Gasteiger partial charge in [0.15, 0.2) is 0 Å². The first-order valence-corrected chi connectivity index (χ1v) is 2.11. The second-order valence-electron chi connectivity index (χ2n) is 1.59. The molecular formula is C5H6O2. The van der Waals surface area contributed by atoms with Crippen molar-refractivity contribution in [3.8, 4) is 0 Å². The molecule has 1 aliphatic rings. The summed E-state index contributed by atoms with van der Waals surface area (Å²) in [5.74, 6) is -0.148. The van der Waals surface area contributed by atoms with Crippen LogP contribution in [-0.4, -0.2) is 12.6 Å². The molecule has 0 amide bonds. The fraction of sp³-hybridized carbons (Fsp3) is 0.400. The Morgan fingerprint density at radius 2 is 2.43 bits per heavy atom. The molecular weight excluding hydrogens is 92.1 g/mol. The molecule has 38 valence electrons. The molecule has 0 aromatic carbocycles. The van der Waals surface area contributed by atoms with Gasteiger partial charge in [-0.3, -0.25) is 4.79 Å². The highest BCUT2D eigenvalue weighted by Crippen LogP contribution is 2.08. The predicted octanol–water partition coefficient (Wildman–Crippen LogP) is 0.489. The summed E-state index contributed by atoms with van der Waals surface area (Å²) < 4.78 is 4.53. The van der Waals surface area contributed by atoms with E-state index in [4.69, 9.17) is 0 Å². The first-order chi connectivity index (χ1) is 3.29. The molecule has 0 aliphatic carbocycles. The van der Waals surface area contributed by atoms with Crippen molar-refractivity contribution in [1.29, 1.82) is 0 Å². The van der Waals surface area contributed by atoms with Gasteiger partial charge < -0.3 is 4.74 Å². The maximum atomic E-state index is 10.2. The van der Waals surface area contributed by atoms with E-state index in [-0.39, 0.29) is 5.97 Å². The molecule has 1 rings (SSSR count). The van der Waals surface area contributed by atoms with E-state index in [2.05, 4.69) is 11.3 Å². The van der Waals surface area contributed by atoms with E-state index in [1.165, 1.54) is 0 Å². The summed E-state index contributed by atoms with van der Waals surface area (Å²) in [4.78, 5) is 10.2. The average molecular weight is 98.1 g/mol. The highest BCUT2D eigenvalue weighted by atomic mass is 16.5. The third-order valence-electron chi connectivity index (χ3n) is 0.832. The Morgan fingerprint density at radius 1 is 1.71 bits per heavy atom. The van der Waals surface area contributed by atoms with Crippen LogP contribution in [-0.2, 0) is 9.53 Å². The lowest BCUT2D eigenvalue weighted by molar-refractivity contribution is -0.137. The van der Waals surface area contributed by atoms with Crippen LogP contribution in [0.3, 0.4) is 0 Å². The summed E-state index contributed by atoms with van der Waals surface area (Å²) >= 11 is 0. The molecule has 0 aromatic rings. The van der Waals surface area contributed by atoms with Crippen molar-refractivity contribution in [2.24, 2.45) is 0 Å². The number of ether oxygens (including phenoxy) is 1. The Bertz CT molecular complexity index is 101. The van der Waals surface area contributed by atoms with Gasteiger partial charge in [-0.1, -0.05) is 6.58 Å². The first-order valence-electron chi connectivity index (χ1n) is 2.11. The van der Waals surface area contributed by atoms with Crippen molar-refractivity contribution in [2.75, 3.05) is 6.61 Å². The molecule has 0 spiro atoms. The highest BCUT2D eigenvalue weighted by molar-refractivity contribution is 5.75. The Labute approximate surface area is 41.8 Å². The standard InChI is InChI=1S/C5H6O2/c1-4-2-5(6)7-3-4/h1-3H2. The monoisotopic (exact) mass is 98.0 g/mol. The van der Waals surface area contributed by atoms with Crippen LogP contribution < -0.4 is 0 Å². The summed E-state index contributed by atoms with van der Waals surface area (Å²) in [5.41, 5.74) is 0.880. The summed E-state index contributed by atoms with van der Waals surface area (Å²) in [6.45, 7) is 3.99. The first kappa shape index (κ1) is 4.37. The maximum Gasteiger partial charge on any atom is 0.310 e. The van der Waals surface area contributed by atoms with Gasteiger partial charge in [0.05, 0.1) is 6.42 Å². The second kappa shape index (κ2) is 1.37. The van der Waals surface area contributed by atoms with Crippen LogP contribution in [0.2, 0.25) is 0 Å². The van der Waals surface area contributed by atoms with Gasteiger partial charge in [-0.05, 0) is 5.57 Å². The van der Waals surface area contributed by atoms with Gasteiger partial charge in [0.25, 0.3) is 0 Å². The number of hydrogen-bond acceptors (Lipinski definition) is 2. The molecule has 0 atom stereocenters. The quantitative estimate of drug-likeness (QED) is 0.325. The lowest BCUT2D eigenvalue weighted by Gasteiger charge is -1.81. The van der Waals surface area contributed by atoms with E-state index in [1.54, 1.807) is 0 Å². The number of carbonyl (C=O) groups excluding carboxylic acids is 1. The average Bonchev–Trinajstić information content (AvgIpc) is 1.87. The van der Waals surface area contributed by atoms with E-state index >= 15 is 0 Å². The van der Waals surface area contributed by atoms with Gasteiger partial charge in [-0.15, -0.1) is 0 Å². The molecule has 2 nitrogen and oxygen atoms in total. The van der Waals surface area contributed by atoms with Crippen molar-refractivity contribution < 1.29 is 9.53 Å². The van der Waals surface area contributed by atoms with E-state index in [0.717, 1.165) is 5.57 Å². The number of carbonyl (C=O) groups is 1. The molecule has 0 aromatic heterocycles. The lowest BCUT2D eigenvalue weighted by atomic mass is 10.3. The Kier molecular flexibility index (Phi) is 0.855. The van der Waals surface area contributed by atoms with Crippen molar-refractivity contribution >= 4 is 5.97 Å².